The van der Waals surface area contributed by atoms with Crippen LogP contribution in [0.15, 0.2) is 23.1 Å². The fourth-order valence-electron chi connectivity index (χ4n) is 1.52. The van der Waals surface area contributed by atoms with E-state index in [1.54, 1.807) is 0 Å². The maximum atomic E-state index is 12.1. The van der Waals surface area contributed by atoms with E-state index in [-0.39, 0.29) is 23.0 Å². The normalized spacial score (nSPS) is 11.4. The number of hydrogen-bond donors (Lipinski definition) is 3. The van der Waals surface area contributed by atoms with Crippen LogP contribution >= 0.6 is 0 Å². The molecule has 0 heterocycles. The van der Waals surface area contributed by atoms with E-state index in [2.05, 4.69) is 10.0 Å². The first-order valence-corrected chi connectivity index (χ1v) is 7.94. The maximum absolute atomic E-state index is 12.1. The number of benzene rings is 1. The van der Waals surface area contributed by atoms with E-state index < -0.39 is 10.0 Å². The number of carbonyl (C=O) groups excluding carboxylic acids is 1. The zero-order valence-electron chi connectivity index (χ0n) is 12.3. The van der Waals surface area contributed by atoms with Crippen molar-refractivity contribution in [3.05, 3.63) is 18.2 Å². The van der Waals surface area contributed by atoms with Crippen molar-refractivity contribution in [2.45, 2.75) is 18.7 Å². The average Bonchev–Trinajstić information content (AvgIpc) is 2.42. The lowest BCUT2D eigenvalue weighted by atomic mass is 10.2. The predicted octanol–water partition coefficient (Wildman–Crippen LogP) is 0.328. The van der Waals surface area contributed by atoms with Crippen molar-refractivity contribution in [1.29, 1.82) is 0 Å². The molecule has 0 fully saturated rings. The van der Waals surface area contributed by atoms with E-state index in [0.717, 1.165) is 0 Å². The molecule has 8 heteroatoms. The third kappa shape index (κ3) is 5.24. The summed E-state index contributed by atoms with van der Waals surface area (Å²) in [5, 5.41) is 2.62. The molecule has 0 saturated carbocycles. The Morgan fingerprint density at radius 2 is 2.05 bits per heavy atom. The molecule has 0 atom stereocenters. The average molecular weight is 315 g/mol. The largest absolute Gasteiger partial charge is 0.497 e. The first-order valence-electron chi connectivity index (χ1n) is 6.46. The summed E-state index contributed by atoms with van der Waals surface area (Å²) in [6.07, 6.45) is 0. The molecular formula is C13H21N3O4S. The topological polar surface area (TPSA) is 111 Å². The van der Waals surface area contributed by atoms with Crippen molar-refractivity contribution in [1.82, 2.24) is 10.0 Å². The number of sulfonamides is 1. The van der Waals surface area contributed by atoms with Crippen molar-refractivity contribution >= 4 is 21.6 Å². The molecule has 0 aliphatic heterocycles. The number of amides is 1. The van der Waals surface area contributed by atoms with Gasteiger partial charge in [0.15, 0.2) is 0 Å². The molecule has 1 amide bonds. The third-order valence-corrected chi connectivity index (χ3v) is 4.11. The SMILES string of the molecule is COc1ccc(S(=O)(=O)NCC(=O)NCC(C)C)c(N)c1. The molecule has 7 nitrogen and oxygen atoms in total. The second-order valence-electron chi connectivity index (χ2n) is 4.93. The smallest absolute Gasteiger partial charge is 0.243 e. The quantitative estimate of drug-likeness (QED) is 0.628. The van der Waals surface area contributed by atoms with Gasteiger partial charge in [0.2, 0.25) is 15.9 Å². The van der Waals surface area contributed by atoms with Crippen LogP contribution in [0.3, 0.4) is 0 Å². The van der Waals surface area contributed by atoms with Crippen molar-refractivity contribution < 1.29 is 17.9 Å². The molecule has 118 valence electrons. The number of anilines is 1. The number of carbonyl (C=O) groups is 1. The molecule has 0 aromatic heterocycles. The van der Waals surface area contributed by atoms with Crippen LogP contribution in [-0.2, 0) is 14.8 Å². The van der Waals surface area contributed by atoms with E-state index in [0.29, 0.717) is 18.2 Å². The van der Waals surface area contributed by atoms with Gasteiger partial charge in [-0.3, -0.25) is 4.79 Å². The summed E-state index contributed by atoms with van der Waals surface area (Å²) < 4.78 is 31.3. The summed E-state index contributed by atoms with van der Waals surface area (Å²) >= 11 is 0. The minimum absolute atomic E-state index is 0.0597. The summed E-state index contributed by atoms with van der Waals surface area (Å²) in [5.41, 5.74) is 5.75. The molecule has 1 aromatic carbocycles. The summed E-state index contributed by atoms with van der Waals surface area (Å²) in [7, 11) is -2.38. The Kier molecular flexibility index (Phi) is 5.98. The van der Waals surface area contributed by atoms with Gasteiger partial charge < -0.3 is 15.8 Å². The molecule has 0 bridgehead atoms. The van der Waals surface area contributed by atoms with Gasteiger partial charge in [0, 0.05) is 12.6 Å². The maximum Gasteiger partial charge on any atom is 0.243 e. The molecule has 0 aliphatic carbocycles. The Hall–Kier alpha value is -1.80. The molecule has 0 saturated heterocycles. The number of nitrogen functional groups attached to an aromatic ring is 1. The van der Waals surface area contributed by atoms with Crippen LogP contribution in [0.5, 0.6) is 5.75 Å². The van der Waals surface area contributed by atoms with Crippen molar-refractivity contribution in [3.8, 4) is 5.75 Å². The zero-order chi connectivity index (χ0) is 16.0. The fraction of sp³-hybridized carbons (Fsp3) is 0.462. The summed E-state index contributed by atoms with van der Waals surface area (Å²) in [5.74, 6) is 0.364. The molecule has 0 aliphatic rings. The van der Waals surface area contributed by atoms with Crippen molar-refractivity contribution in [3.63, 3.8) is 0 Å². The van der Waals surface area contributed by atoms with E-state index in [1.165, 1.54) is 25.3 Å². The molecular weight excluding hydrogens is 294 g/mol. The highest BCUT2D eigenvalue weighted by Crippen LogP contribution is 2.23. The Bertz CT molecular complexity index is 599. The minimum atomic E-state index is -3.84. The monoisotopic (exact) mass is 315 g/mol. The molecule has 1 aromatic rings. The van der Waals surface area contributed by atoms with Gasteiger partial charge >= 0.3 is 0 Å². The van der Waals surface area contributed by atoms with Crippen LogP contribution in [0.4, 0.5) is 5.69 Å². The highest BCUT2D eigenvalue weighted by molar-refractivity contribution is 7.89. The van der Waals surface area contributed by atoms with E-state index in [4.69, 9.17) is 10.5 Å². The lowest BCUT2D eigenvalue weighted by Crippen LogP contribution is -2.38. The Morgan fingerprint density at radius 3 is 2.57 bits per heavy atom. The van der Waals surface area contributed by atoms with Gasteiger partial charge in [-0.1, -0.05) is 13.8 Å². The lowest BCUT2D eigenvalue weighted by molar-refractivity contribution is -0.120. The van der Waals surface area contributed by atoms with Crippen LogP contribution in [0.25, 0.3) is 0 Å². The molecule has 21 heavy (non-hydrogen) atoms. The number of ether oxygens (including phenoxy) is 1. The fourth-order valence-corrected chi connectivity index (χ4v) is 2.61. The van der Waals surface area contributed by atoms with Crippen LogP contribution in [0, 0.1) is 5.92 Å². The molecule has 0 unspecified atom stereocenters. The molecule has 1 rings (SSSR count). The van der Waals surface area contributed by atoms with Gasteiger partial charge in [0.25, 0.3) is 0 Å². The van der Waals surface area contributed by atoms with Gasteiger partial charge in [-0.15, -0.1) is 0 Å². The van der Waals surface area contributed by atoms with Gasteiger partial charge in [0.1, 0.15) is 10.6 Å². The summed E-state index contributed by atoms with van der Waals surface area (Å²) in [6, 6.07) is 4.24. The number of nitrogens with one attached hydrogen (secondary N) is 2. The Balaban J connectivity index is 2.72. The molecule has 0 radical (unpaired) electrons. The molecule has 0 spiro atoms. The summed E-state index contributed by atoms with van der Waals surface area (Å²) in [6.45, 7) is 4.05. The van der Waals surface area contributed by atoms with Crippen LogP contribution in [0.1, 0.15) is 13.8 Å². The number of hydrogen-bond acceptors (Lipinski definition) is 5. The predicted molar refractivity (Wildman–Crippen MR) is 80.4 cm³/mol. The van der Waals surface area contributed by atoms with Crippen LogP contribution in [-0.4, -0.2) is 34.5 Å². The van der Waals surface area contributed by atoms with E-state index in [9.17, 15) is 13.2 Å². The van der Waals surface area contributed by atoms with Crippen LogP contribution in [0.2, 0.25) is 0 Å². The number of nitrogens with two attached hydrogens (primary N) is 1. The Labute approximate surface area is 124 Å². The number of rotatable bonds is 7. The van der Waals surface area contributed by atoms with E-state index in [1.807, 2.05) is 13.8 Å². The standard InChI is InChI=1S/C13H21N3O4S/c1-9(2)7-15-13(17)8-16-21(18,19)12-5-4-10(20-3)6-11(12)14/h4-6,9,16H,7-8,14H2,1-3H3,(H,15,17). The van der Waals surface area contributed by atoms with Gasteiger partial charge in [-0.05, 0) is 18.1 Å². The Morgan fingerprint density at radius 1 is 1.38 bits per heavy atom. The second kappa shape index (κ2) is 7.28. The second-order valence-corrected chi connectivity index (χ2v) is 6.66. The van der Waals surface area contributed by atoms with Crippen molar-refractivity contribution in [2.75, 3.05) is 25.9 Å². The highest BCUT2D eigenvalue weighted by atomic mass is 32.2. The lowest BCUT2D eigenvalue weighted by Gasteiger charge is -2.11. The van der Waals surface area contributed by atoms with Gasteiger partial charge in [-0.25, -0.2) is 13.1 Å². The first kappa shape index (κ1) is 17.3. The third-order valence-electron chi connectivity index (χ3n) is 2.64. The highest BCUT2D eigenvalue weighted by Gasteiger charge is 2.18. The van der Waals surface area contributed by atoms with E-state index >= 15 is 0 Å². The van der Waals surface area contributed by atoms with Gasteiger partial charge in [0.05, 0.1) is 19.3 Å². The zero-order valence-corrected chi connectivity index (χ0v) is 13.2. The van der Waals surface area contributed by atoms with Crippen LogP contribution < -0.4 is 20.5 Å². The molecule has 4 N–H and O–H groups in total. The number of methoxy groups -OCH3 is 1. The summed E-state index contributed by atoms with van der Waals surface area (Å²) in [4.78, 5) is 11.4. The first-order chi connectivity index (χ1) is 9.76. The van der Waals surface area contributed by atoms with Crippen molar-refractivity contribution in [2.24, 2.45) is 5.92 Å². The van der Waals surface area contributed by atoms with Gasteiger partial charge in [-0.2, -0.15) is 0 Å². The minimum Gasteiger partial charge on any atom is -0.497 e.